The average molecular weight is 421 g/mol. The fourth-order valence-electron chi connectivity index (χ4n) is 4.02. The van der Waals surface area contributed by atoms with Crippen molar-refractivity contribution in [3.05, 3.63) is 74.7 Å². The Kier molecular flexibility index (Phi) is 4.66. The molecule has 0 bridgehead atoms. The number of aromatic nitrogens is 4. The van der Waals surface area contributed by atoms with Crippen LogP contribution in [0.1, 0.15) is 36.1 Å². The summed E-state index contributed by atoms with van der Waals surface area (Å²) in [7, 11) is 0. The molecule has 0 fully saturated rings. The van der Waals surface area contributed by atoms with Crippen molar-refractivity contribution >= 4 is 22.6 Å². The van der Waals surface area contributed by atoms with E-state index in [1.54, 1.807) is 17.0 Å². The first-order valence-corrected chi connectivity index (χ1v) is 10.5. The number of aryl methyl sites for hydroxylation is 2. The maximum atomic E-state index is 13.1. The third-order valence-corrected chi connectivity index (χ3v) is 6.07. The molecule has 0 spiro atoms. The van der Waals surface area contributed by atoms with E-state index >= 15 is 0 Å². The molecule has 1 aliphatic rings. The highest BCUT2D eigenvalue weighted by Gasteiger charge is 2.20. The molecule has 1 atom stereocenters. The lowest BCUT2D eigenvalue weighted by Gasteiger charge is -2.20. The van der Waals surface area contributed by atoms with Gasteiger partial charge < -0.3 is 4.42 Å². The standard InChI is InChI=1S/C23H21ClN4O2/c1-13-7-8-19-15(9-13)10-17-21(26-19)25-12-28(23(17)29)11-20-14(2)30-22(27-20)16-5-3-4-6-18(16)24/h3-6,10,12-13H,7-9,11H2,1-2H3/t13-/m1/s1. The zero-order chi connectivity index (χ0) is 20.8. The maximum absolute atomic E-state index is 13.1. The number of nitrogens with zero attached hydrogens (tertiary/aromatic N) is 4. The van der Waals surface area contributed by atoms with E-state index in [9.17, 15) is 4.79 Å². The monoisotopic (exact) mass is 420 g/mol. The van der Waals surface area contributed by atoms with Gasteiger partial charge in [-0.2, -0.15) is 0 Å². The second-order valence-electron chi connectivity index (χ2n) is 7.99. The van der Waals surface area contributed by atoms with E-state index in [4.69, 9.17) is 16.0 Å². The van der Waals surface area contributed by atoms with Crippen molar-refractivity contribution in [2.75, 3.05) is 0 Å². The largest absolute Gasteiger partial charge is 0.441 e. The molecular formula is C23H21ClN4O2. The molecule has 0 saturated carbocycles. The Hall–Kier alpha value is -2.99. The highest BCUT2D eigenvalue weighted by molar-refractivity contribution is 6.33. The van der Waals surface area contributed by atoms with E-state index in [0.29, 0.717) is 39.3 Å². The van der Waals surface area contributed by atoms with Crippen molar-refractivity contribution in [2.24, 2.45) is 5.92 Å². The summed E-state index contributed by atoms with van der Waals surface area (Å²) >= 11 is 6.27. The van der Waals surface area contributed by atoms with Gasteiger partial charge in [0, 0.05) is 5.69 Å². The summed E-state index contributed by atoms with van der Waals surface area (Å²) in [6, 6.07) is 9.37. The summed E-state index contributed by atoms with van der Waals surface area (Å²) in [6.07, 6.45) is 4.57. The number of fused-ring (bicyclic) bond motifs is 2. The van der Waals surface area contributed by atoms with Gasteiger partial charge in [0.15, 0.2) is 5.65 Å². The molecule has 0 radical (unpaired) electrons. The van der Waals surface area contributed by atoms with Gasteiger partial charge in [-0.1, -0.05) is 30.7 Å². The van der Waals surface area contributed by atoms with Crippen LogP contribution in [0.3, 0.4) is 0 Å². The molecule has 0 unspecified atom stereocenters. The number of pyridine rings is 1. The number of oxazole rings is 1. The second-order valence-corrected chi connectivity index (χ2v) is 8.40. The summed E-state index contributed by atoms with van der Waals surface area (Å²) in [6.45, 7) is 4.34. The molecular weight excluding hydrogens is 400 g/mol. The molecule has 1 aromatic carbocycles. The smallest absolute Gasteiger partial charge is 0.263 e. The Morgan fingerprint density at radius 3 is 2.93 bits per heavy atom. The lowest BCUT2D eigenvalue weighted by atomic mass is 9.87. The number of rotatable bonds is 3. The lowest BCUT2D eigenvalue weighted by Crippen LogP contribution is -2.23. The van der Waals surface area contributed by atoms with Crippen LogP contribution in [0.2, 0.25) is 5.02 Å². The Balaban J connectivity index is 1.52. The summed E-state index contributed by atoms with van der Waals surface area (Å²) in [5, 5.41) is 1.12. The molecule has 7 heteroatoms. The molecule has 3 heterocycles. The van der Waals surface area contributed by atoms with Crippen LogP contribution in [0.25, 0.3) is 22.5 Å². The molecule has 5 rings (SSSR count). The van der Waals surface area contributed by atoms with E-state index in [1.165, 1.54) is 0 Å². The Bertz CT molecular complexity index is 1320. The van der Waals surface area contributed by atoms with Crippen molar-refractivity contribution in [2.45, 2.75) is 39.7 Å². The number of hydrogen-bond donors (Lipinski definition) is 0. The molecule has 3 aromatic heterocycles. The third kappa shape index (κ3) is 3.31. The van der Waals surface area contributed by atoms with Gasteiger partial charge >= 0.3 is 0 Å². The number of halogens is 1. The van der Waals surface area contributed by atoms with E-state index in [-0.39, 0.29) is 12.1 Å². The zero-order valence-electron chi connectivity index (χ0n) is 16.9. The van der Waals surface area contributed by atoms with Gasteiger partial charge in [0.25, 0.3) is 5.56 Å². The fraction of sp³-hybridized carbons (Fsp3) is 0.304. The fourth-order valence-corrected chi connectivity index (χ4v) is 4.24. The molecule has 1 aliphatic carbocycles. The molecule has 6 nitrogen and oxygen atoms in total. The van der Waals surface area contributed by atoms with Crippen LogP contribution in [-0.2, 0) is 19.4 Å². The van der Waals surface area contributed by atoms with Crippen LogP contribution < -0.4 is 5.56 Å². The van der Waals surface area contributed by atoms with Crippen molar-refractivity contribution in [3.8, 4) is 11.5 Å². The predicted molar refractivity (Wildman–Crippen MR) is 116 cm³/mol. The highest BCUT2D eigenvalue weighted by atomic mass is 35.5. The van der Waals surface area contributed by atoms with Crippen molar-refractivity contribution in [3.63, 3.8) is 0 Å². The average Bonchev–Trinajstić information content (AvgIpc) is 3.09. The minimum absolute atomic E-state index is 0.116. The first-order valence-electron chi connectivity index (χ1n) is 10.1. The minimum atomic E-state index is -0.116. The van der Waals surface area contributed by atoms with Crippen LogP contribution >= 0.6 is 11.6 Å². The van der Waals surface area contributed by atoms with Gasteiger partial charge in [-0.25, -0.2) is 15.0 Å². The zero-order valence-corrected chi connectivity index (χ0v) is 17.6. The summed E-state index contributed by atoms with van der Waals surface area (Å²) < 4.78 is 7.38. The molecule has 152 valence electrons. The van der Waals surface area contributed by atoms with Crippen LogP contribution in [0.4, 0.5) is 0 Å². The first kappa shape index (κ1) is 19.0. The van der Waals surface area contributed by atoms with Gasteiger partial charge in [0.2, 0.25) is 5.89 Å². The van der Waals surface area contributed by atoms with Crippen LogP contribution in [0, 0.1) is 12.8 Å². The first-order chi connectivity index (χ1) is 14.5. The molecule has 0 saturated heterocycles. The summed E-state index contributed by atoms with van der Waals surface area (Å²) in [5.41, 5.74) is 4.03. The summed E-state index contributed by atoms with van der Waals surface area (Å²) in [4.78, 5) is 26.8. The molecule has 0 N–H and O–H groups in total. The minimum Gasteiger partial charge on any atom is -0.441 e. The van der Waals surface area contributed by atoms with E-state index < -0.39 is 0 Å². The van der Waals surface area contributed by atoms with E-state index in [0.717, 1.165) is 36.1 Å². The summed E-state index contributed by atoms with van der Waals surface area (Å²) in [5.74, 6) is 1.70. The van der Waals surface area contributed by atoms with Gasteiger partial charge in [-0.05, 0) is 55.9 Å². The molecule has 30 heavy (non-hydrogen) atoms. The molecule has 0 amide bonds. The van der Waals surface area contributed by atoms with Crippen molar-refractivity contribution in [1.29, 1.82) is 0 Å². The molecule has 4 aromatic rings. The lowest BCUT2D eigenvalue weighted by molar-refractivity contribution is 0.495. The van der Waals surface area contributed by atoms with Crippen molar-refractivity contribution < 1.29 is 4.42 Å². The van der Waals surface area contributed by atoms with Gasteiger partial charge in [0.05, 0.1) is 22.5 Å². The number of benzene rings is 1. The Morgan fingerprint density at radius 2 is 2.10 bits per heavy atom. The Labute approximate surface area is 178 Å². The predicted octanol–water partition coefficient (Wildman–Crippen LogP) is 4.58. The van der Waals surface area contributed by atoms with Crippen LogP contribution in [0.15, 0.2) is 45.9 Å². The SMILES string of the molecule is Cc1oc(-c2ccccc2Cl)nc1Cn1cnc2nc3c(cc2c1=O)C[C@H](C)CC3. The quantitative estimate of drug-likeness (QED) is 0.485. The van der Waals surface area contributed by atoms with E-state index in [2.05, 4.69) is 21.9 Å². The van der Waals surface area contributed by atoms with E-state index in [1.807, 2.05) is 31.2 Å². The topological polar surface area (TPSA) is 73.8 Å². The highest BCUT2D eigenvalue weighted by Crippen LogP contribution is 2.29. The second kappa shape index (κ2) is 7.36. The van der Waals surface area contributed by atoms with Crippen LogP contribution in [0.5, 0.6) is 0 Å². The normalized spacial score (nSPS) is 16.0. The van der Waals surface area contributed by atoms with Gasteiger partial charge in [-0.3, -0.25) is 9.36 Å². The molecule has 0 aliphatic heterocycles. The maximum Gasteiger partial charge on any atom is 0.263 e. The third-order valence-electron chi connectivity index (χ3n) is 5.74. The van der Waals surface area contributed by atoms with Gasteiger partial charge in [-0.15, -0.1) is 0 Å². The van der Waals surface area contributed by atoms with Crippen molar-refractivity contribution in [1.82, 2.24) is 19.5 Å². The van der Waals surface area contributed by atoms with Gasteiger partial charge in [0.1, 0.15) is 17.8 Å². The Morgan fingerprint density at radius 1 is 1.27 bits per heavy atom. The van der Waals surface area contributed by atoms with Crippen LogP contribution in [-0.4, -0.2) is 19.5 Å². The number of hydrogen-bond acceptors (Lipinski definition) is 5.